The topological polar surface area (TPSA) is 3.24 Å². The summed E-state index contributed by atoms with van der Waals surface area (Å²) in [7, 11) is 0. The number of para-hydroxylation sites is 2. The van der Waals surface area contributed by atoms with Gasteiger partial charge in [0, 0.05) is 16.8 Å². The largest absolute Gasteiger partial charge is 0.309 e. The second-order valence-electron chi connectivity index (χ2n) is 21.5. The van der Waals surface area contributed by atoms with Gasteiger partial charge in [0.15, 0.2) is 0 Å². The van der Waals surface area contributed by atoms with E-state index in [0.717, 1.165) is 5.69 Å². The number of rotatable bonds is 8. The summed E-state index contributed by atoms with van der Waals surface area (Å²) in [4.78, 5) is 2.61. The Hall–Kier alpha value is -6.96. The number of hydrogen-bond acceptors (Lipinski definition) is 1. The molecule has 0 heterocycles. The summed E-state index contributed by atoms with van der Waals surface area (Å²) in [6.45, 7) is 14.1. The van der Waals surface area contributed by atoms with Gasteiger partial charge in [-0.15, -0.1) is 0 Å². The van der Waals surface area contributed by atoms with E-state index in [1.807, 2.05) is 0 Å². The summed E-state index contributed by atoms with van der Waals surface area (Å²) < 4.78 is 0. The highest BCUT2D eigenvalue weighted by Crippen LogP contribution is 2.59. The summed E-state index contributed by atoms with van der Waals surface area (Å²) in [6, 6.07) is 78.4. The Labute approximate surface area is 405 Å². The fourth-order valence-electron chi connectivity index (χ4n) is 11.9. The Morgan fingerprint density at radius 1 is 0.412 bits per heavy atom. The summed E-state index contributed by atoms with van der Waals surface area (Å²) in [6.07, 6.45) is 6.45. The zero-order valence-corrected chi connectivity index (χ0v) is 40.7. The number of benzene rings is 9. The third-order valence-electron chi connectivity index (χ3n) is 15.2. The maximum Gasteiger partial charge on any atom is 0.0713 e. The minimum atomic E-state index is -0.501. The van der Waals surface area contributed by atoms with E-state index < -0.39 is 5.41 Å². The van der Waals surface area contributed by atoms with E-state index in [9.17, 15) is 0 Å². The van der Waals surface area contributed by atoms with Crippen molar-refractivity contribution >= 4 is 27.8 Å². The van der Waals surface area contributed by atoms with Crippen molar-refractivity contribution in [2.24, 2.45) is 0 Å². The van der Waals surface area contributed by atoms with Gasteiger partial charge in [-0.1, -0.05) is 243 Å². The normalized spacial score (nSPS) is 14.7. The van der Waals surface area contributed by atoms with Crippen molar-refractivity contribution in [3.05, 3.63) is 245 Å². The molecule has 2 aliphatic rings. The zero-order valence-electron chi connectivity index (χ0n) is 40.7. The van der Waals surface area contributed by atoms with E-state index >= 15 is 0 Å². The molecule has 11 rings (SSSR count). The summed E-state index contributed by atoms with van der Waals surface area (Å²) in [5.41, 5.74) is 19.7. The number of hydrogen-bond donors (Lipinski definition) is 0. The molecule has 0 unspecified atom stereocenters. The SMILES string of the molecule is CC(C)(C)c1cc(N(c2ccccc2-c2cccc3c2-c2ccccc2C3(c2ccccc2)c2ccccc2)c2ccccc2-c2cccc3cccc(C4CCCCC4)c23)cc(C(C)(C)C)c1. The van der Waals surface area contributed by atoms with E-state index in [1.165, 1.54) is 127 Å². The molecule has 1 fully saturated rings. The lowest BCUT2D eigenvalue weighted by Crippen LogP contribution is -2.28. The van der Waals surface area contributed by atoms with Gasteiger partial charge in [0.25, 0.3) is 0 Å². The number of nitrogens with zero attached hydrogens (tertiary/aromatic N) is 1. The predicted octanol–water partition coefficient (Wildman–Crippen LogP) is 18.6. The lowest BCUT2D eigenvalue weighted by molar-refractivity contribution is 0.445. The van der Waals surface area contributed by atoms with Crippen molar-refractivity contribution in [2.45, 2.75) is 95.8 Å². The van der Waals surface area contributed by atoms with E-state index in [2.05, 4.69) is 253 Å². The Morgan fingerprint density at radius 3 is 1.49 bits per heavy atom. The molecule has 336 valence electrons. The van der Waals surface area contributed by atoms with Gasteiger partial charge in [0.1, 0.15) is 0 Å². The van der Waals surface area contributed by atoms with Crippen LogP contribution in [-0.2, 0) is 16.2 Å². The van der Waals surface area contributed by atoms with Crippen LogP contribution in [0.1, 0.15) is 119 Å². The molecule has 0 saturated heterocycles. The van der Waals surface area contributed by atoms with Gasteiger partial charge >= 0.3 is 0 Å². The molecule has 1 heteroatoms. The maximum atomic E-state index is 2.61. The van der Waals surface area contributed by atoms with Crippen LogP contribution in [0.5, 0.6) is 0 Å². The van der Waals surface area contributed by atoms with Crippen LogP contribution in [0.15, 0.2) is 206 Å². The second kappa shape index (κ2) is 17.3. The van der Waals surface area contributed by atoms with Gasteiger partial charge in [0.2, 0.25) is 0 Å². The minimum Gasteiger partial charge on any atom is -0.309 e. The van der Waals surface area contributed by atoms with Crippen LogP contribution in [0.4, 0.5) is 17.1 Å². The quantitative estimate of drug-likeness (QED) is 0.147. The fourth-order valence-corrected chi connectivity index (χ4v) is 11.9. The Balaban J connectivity index is 1.22. The molecule has 0 amide bonds. The first-order valence-corrected chi connectivity index (χ1v) is 25.0. The molecule has 0 aromatic heterocycles. The van der Waals surface area contributed by atoms with Gasteiger partial charge in [-0.05, 0) is 126 Å². The molecular weight excluding hydrogens is 819 g/mol. The molecule has 2 aliphatic carbocycles. The lowest BCUT2D eigenvalue weighted by Gasteiger charge is -2.34. The molecule has 0 aliphatic heterocycles. The summed E-state index contributed by atoms with van der Waals surface area (Å²) >= 11 is 0. The van der Waals surface area contributed by atoms with E-state index in [4.69, 9.17) is 0 Å². The van der Waals surface area contributed by atoms with Crippen LogP contribution < -0.4 is 4.90 Å². The Bertz CT molecular complexity index is 3200. The predicted molar refractivity (Wildman–Crippen MR) is 290 cm³/mol. The first kappa shape index (κ1) is 43.6. The zero-order chi connectivity index (χ0) is 46.6. The molecule has 0 bridgehead atoms. The van der Waals surface area contributed by atoms with Crippen molar-refractivity contribution < 1.29 is 0 Å². The fraction of sp³-hybridized carbons (Fsp3) is 0.224. The van der Waals surface area contributed by atoms with Crippen molar-refractivity contribution in [1.82, 2.24) is 0 Å². The standard InChI is InChI=1S/C67H63N/c1-65(2,3)50-43-51(66(4,5)6)45-52(44-50)68(61-41-20-17-33-54(61)56-37-23-28-47-27-22-36-53(63(47)56)46-25-10-7-11-26-46)62-42-21-18-34-55(62)57-38-24-40-60-64(57)58-35-16-19-39-59(58)67(60,48-29-12-8-13-30-48)49-31-14-9-15-32-49/h8-9,12-24,27-46H,7,10-11,25-26H2,1-6H3. The molecule has 9 aromatic rings. The van der Waals surface area contributed by atoms with Crippen LogP contribution in [-0.4, -0.2) is 0 Å². The molecule has 9 aromatic carbocycles. The minimum absolute atomic E-state index is 0.0760. The Kier molecular flexibility index (Phi) is 11.1. The summed E-state index contributed by atoms with van der Waals surface area (Å²) in [5, 5.41) is 2.72. The summed E-state index contributed by atoms with van der Waals surface area (Å²) in [5.74, 6) is 0.567. The average Bonchev–Trinajstić information content (AvgIpc) is 3.68. The molecular formula is C67H63N. The van der Waals surface area contributed by atoms with Crippen LogP contribution in [0.3, 0.4) is 0 Å². The van der Waals surface area contributed by atoms with Gasteiger partial charge in [-0.3, -0.25) is 0 Å². The molecule has 1 nitrogen and oxygen atoms in total. The third-order valence-corrected chi connectivity index (χ3v) is 15.2. The lowest BCUT2D eigenvalue weighted by atomic mass is 9.67. The molecule has 68 heavy (non-hydrogen) atoms. The van der Waals surface area contributed by atoms with Gasteiger partial charge < -0.3 is 4.90 Å². The molecule has 0 N–H and O–H groups in total. The molecule has 0 radical (unpaired) electrons. The number of anilines is 3. The van der Waals surface area contributed by atoms with Gasteiger partial charge in [-0.25, -0.2) is 0 Å². The highest BCUT2D eigenvalue weighted by molar-refractivity contribution is 6.05. The average molecular weight is 882 g/mol. The van der Waals surface area contributed by atoms with E-state index in [1.54, 1.807) is 0 Å². The highest BCUT2D eigenvalue weighted by atomic mass is 15.1. The maximum absolute atomic E-state index is 2.61. The van der Waals surface area contributed by atoms with Crippen LogP contribution in [0.2, 0.25) is 0 Å². The van der Waals surface area contributed by atoms with Crippen molar-refractivity contribution in [1.29, 1.82) is 0 Å². The first-order chi connectivity index (χ1) is 33.0. The third kappa shape index (κ3) is 7.39. The van der Waals surface area contributed by atoms with Crippen LogP contribution in [0, 0.1) is 0 Å². The van der Waals surface area contributed by atoms with Gasteiger partial charge in [-0.2, -0.15) is 0 Å². The number of fused-ring (bicyclic) bond motifs is 4. The first-order valence-electron chi connectivity index (χ1n) is 25.0. The van der Waals surface area contributed by atoms with Crippen molar-refractivity contribution in [3.63, 3.8) is 0 Å². The smallest absolute Gasteiger partial charge is 0.0713 e. The van der Waals surface area contributed by atoms with E-state index in [-0.39, 0.29) is 10.8 Å². The van der Waals surface area contributed by atoms with Crippen molar-refractivity contribution in [3.8, 4) is 33.4 Å². The van der Waals surface area contributed by atoms with Crippen LogP contribution >= 0.6 is 0 Å². The van der Waals surface area contributed by atoms with Crippen molar-refractivity contribution in [2.75, 3.05) is 4.90 Å². The molecule has 1 saturated carbocycles. The molecule has 0 atom stereocenters. The Morgan fingerprint density at radius 2 is 0.882 bits per heavy atom. The highest BCUT2D eigenvalue weighted by Gasteiger charge is 2.47. The van der Waals surface area contributed by atoms with Gasteiger partial charge in [0.05, 0.1) is 16.8 Å². The van der Waals surface area contributed by atoms with Crippen LogP contribution in [0.25, 0.3) is 44.2 Å². The monoisotopic (exact) mass is 881 g/mol. The second-order valence-corrected chi connectivity index (χ2v) is 21.5. The molecule has 0 spiro atoms. The van der Waals surface area contributed by atoms with E-state index in [0.29, 0.717) is 5.92 Å².